The number of carbonyl (C=O) groups is 2. The molecule has 0 radical (unpaired) electrons. The van der Waals surface area contributed by atoms with Gasteiger partial charge in [0.15, 0.2) is 0 Å². The number of ether oxygens (including phenoxy) is 2. The summed E-state index contributed by atoms with van der Waals surface area (Å²) in [6.07, 6.45) is -0.891. The Labute approximate surface area is 181 Å². The van der Waals surface area contributed by atoms with Crippen LogP contribution >= 0.6 is 0 Å². The van der Waals surface area contributed by atoms with Gasteiger partial charge in [-0.3, -0.25) is 9.59 Å². The molecule has 1 fully saturated rings. The molecule has 0 saturated carbocycles. The molecule has 0 spiro atoms. The number of carbonyl (C=O) groups excluding carboxylic acids is 2. The van der Waals surface area contributed by atoms with Gasteiger partial charge in [0, 0.05) is 18.7 Å². The lowest BCUT2D eigenvalue weighted by molar-refractivity contribution is -0.139. The number of hydrogen-bond donors (Lipinski definition) is 2. The van der Waals surface area contributed by atoms with E-state index < -0.39 is 28.1 Å². The Kier molecular flexibility index (Phi) is 7.26. The molecular weight excluding hydrogens is 422 g/mol. The number of aryl methyl sites for hydroxylation is 1. The van der Waals surface area contributed by atoms with E-state index in [1.54, 1.807) is 36.4 Å². The Hall–Kier alpha value is -2.95. The number of methoxy groups -OCH3 is 1. The van der Waals surface area contributed by atoms with E-state index in [4.69, 9.17) is 9.47 Å². The molecule has 0 aliphatic carbocycles. The lowest BCUT2D eigenvalue weighted by Gasteiger charge is -2.23. The van der Waals surface area contributed by atoms with Gasteiger partial charge in [-0.05, 0) is 25.1 Å². The normalized spacial score (nSPS) is 16.6. The van der Waals surface area contributed by atoms with Crippen LogP contribution in [0.5, 0.6) is 5.75 Å². The van der Waals surface area contributed by atoms with Crippen molar-refractivity contribution in [2.75, 3.05) is 26.8 Å². The highest BCUT2D eigenvalue weighted by molar-refractivity contribution is 7.89. The van der Waals surface area contributed by atoms with Crippen LogP contribution < -0.4 is 15.4 Å². The minimum Gasteiger partial charge on any atom is -0.496 e. The Morgan fingerprint density at radius 2 is 1.77 bits per heavy atom. The van der Waals surface area contributed by atoms with E-state index in [0.717, 1.165) is 11.1 Å². The fourth-order valence-corrected chi connectivity index (χ4v) is 4.66. The molecular formula is C21H25N3O6S. The third-order valence-corrected chi connectivity index (χ3v) is 6.75. The Bertz CT molecular complexity index is 1040. The summed E-state index contributed by atoms with van der Waals surface area (Å²) in [4.78, 5) is 24.4. The van der Waals surface area contributed by atoms with Gasteiger partial charge in [0.2, 0.25) is 10.0 Å². The lowest BCUT2D eigenvalue weighted by atomic mass is 10.2. The summed E-state index contributed by atoms with van der Waals surface area (Å²) < 4.78 is 37.7. The summed E-state index contributed by atoms with van der Waals surface area (Å²) in [6, 6.07) is 13.6. The van der Waals surface area contributed by atoms with Crippen molar-refractivity contribution >= 4 is 21.8 Å². The van der Waals surface area contributed by atoms with Gasteiger partial charge in [-0.25, -0.2) is 8.42 Å². The van der Waals surface area contributed by atoms with Crippen LogP contribution in [0, 0.1) is 6.92 Å². The average molecular weight is 448 g/mol. The van der Waals surface area contributed by atoms with E-state index in [-0.39, 0.29) is 31.1 Å². The van der Waals surface area contributed by atoms with Gasteiger partial charge in [0.25, 0.3) is 0 Å². The minimum absolute atomic E-state index is 0.115. The van der Waals surface area contributed by atoms with Gasteiger partial charge in [-0.2, -0.15) is 4.31 Å². The molecule has 1 aliphatic heterocycles. The Morgan fingerprint density at radius 1 is 1.10 bits per heavy atom. The fourth-order valence-electron chi connectivity index (χ4n) is 3.15. The number of amides is 2. The number of nitrogens with zero attached hydrogens (tertiary/aromatic N) is 1. The van der Waals surface area contributed by atoms with Crippen molar-refractivity contribution in [1.29, 1.82) is 0 Å². The van der Waals surface area contributed by atoms with E-state index in [1.807, 2.05) is 6.92 Å². The number of nitrogens with one attached hydrogen (secondary N) is 2. The van der Waals surface area contributed by atoms with Gasteiger partial charge in [0.1, 0.15) is 12.0 Å². The van der Waals surface area contributed by atoms with Crippen LogP contribution in [0.15, 0.2) is 53.4 Å². The zero-order chi connectivity index (χ0) is 22.4. The van der Waals surface area contributed by atoms with Crippen LogP contribution in [0.4, 0.5) is 0 Å². The van der Waals surface area contributed by atoms with E-state index in [2.05, 4.69) is 10.6 Å². The molecule has 31 heavy (non-hydrogen) atoms. The van der Waals surface area contributed by atoms with Gasteiger partial charge in [0.05, 0.1) is 25.2 Å². The molecule has 2 amide bonds. The third-order valence-electron chi connectivity index (χ3n) is 4.85. The Morgan fingerprint density at radius 3 is 2.48 bits per heavy atom. The number of sulfonamides is 1. The van der Waals surface area contributed by atoms with Crippen LogP contribution in [0.1, 0.15) is 11.1 Å². The van der Waals surface area contributed by atoms with Crippen molar-refractivity contribution in [2.45, 2.75) is 24.6 Å². The molecule has 9 nitrogen and oxygen atoms in total. The van der Waals surface area contributed by atoms with Crippen LogP contribution in [0.2, 0.25) is 0 Å². The van der Waals surface area contributed by atoms with Crippen LogP contribution in [-0.2, 0) is 30.9 Å². The summed E-state index contributed by atoms with van der Waals surface area (Å²) in [5.74, 6) is -1.12. The number of benzene rings is 2. The van der Waals surface area contributed by atoms with Crippen molar-refractivity contribution in [1.82, 2.24) is 14.9 Å². The van der Waals surface area contributed by atoms with Crippen LogP contribution in [0.3, 0.4) is 0 Å². The first-order chi connectivity index (χ1) is 14.8. The molecule has 1 aliphatic rings. The molecule has 1 heterocycles. The lowest BCUT2D eigenvalue weighted by Crippen LogP contribution is -2.47. The molecule has 166 valence electrons. The zero-order valence-electron chi connectivity index (χ0n) is 17.3. The Balaban J connectivity index is 1.56. The van der Waals surface area contributed by atoms with Crippen molar-refractivity contribution in [2.24, 2.45) is 0 Å². The van der Waals surface area contributed by atoms with Gasteiger partial charge in [-0.15, -0.1) is 0 Å². The van der Waals surface area contributed by atoms with Crippen LogP contribution in [0.25, 0.3) is 0 Å². The molecule has 0 bridgehead atoms. The summed E-state index contributed by atoms with van der Waals surface area (Å²) in [7, 11) is -2.26. The van der Waals surface area contributed by atoms with E-state index >= 15 is 0 Å². The molecule has 3 rings (SSSR count). The van der Waals surface area contributed by atoms with Crippen molar-refractivity contribution in [3.05, 3.63) is 59.7 Å². The number of hydrogen-bond acceptors (Lipinski definition) is 6. The second kappa shape index (κ2) is 9.90. The monoisotopic (exact) mass is 447 g/mol. The first-order valence-corrected chi connectivity index (χ1v) is 11.1. The molecule has 10 heteroatoms. The summed E-state index contributed by atoms with van der Waals surface area (Å²) in [5.41, 5.74) is 1.67. The maximum atomic E-state index is 12.9. The number of para-hydroxylation sites is 1. The second-order valence-electron chi connectivity index (χ2n) is 6.96. The van der Waals surface area contributed by atoms with Crippen molar-refractivity contribution in [3.8, 4) is 5.75 Å². The highest BCUT2D eigenvalue weighted by Gasteiger charge is 2.36. The molecule has 2 aromatic rings. The fraction of sp³-hybridized carbons (Fsp3) is 0.333. The summed E-state index contributed by atoms with van der Waals surface area (Å²) in [6.45, 7) is 2.20. The quantitative estimate of drug-likeness (QED) is 0.607. The molecule has 1 saturated heterocycles. The first-order valence-electron chi connectivity index (χ1n) is 9.71. The predicted octanol–water partition coefficient (Wildman–Crippen LogP) is 0.783. The largest absolute Gasteiger partial charge is 0.496 e. The predicted molar refractivity (Wildman–Crippen MR) is 113 cm³/mol. The number of rotatable bonds is 7. The minimum atomic E-state index is -3.78. The average Bonchev–Trinajstić information content (AvgIpc) is 3.26. The topological polar surface area (TPSA) is 114 Å². The molecule has 2 N–H and O–H groups in total. The zero-order valence-corrected chi connectivity index (χ0v) is 18.1. The van der Waals surface area contributed by atoms with Gasteiger partial charge in [-0.1, -0.05) is 35.9 Å². The summed E-state index contributed by atoms with van der Waals surface area (Å²) in [5, 5.41) is 4.96. The molecule has 0 aromatic heterocycles. The van der Waals surface area contributed by atoms with Crippen LogP contribution in [-0.4, -0.2) is 57.6 Å². The van der Waals surface area contributed by atoms with Crippen molar-refractivity contribution in [3.63, 3.8) is 0 Å². The summed E-state index contributed by atoms with van der Waals surface area (Å²) >= 11 is 0. The smallest absolute Gasteiger partial charge is 0.309 e. The highest BCUT2D eigenvalue weighted by Crippen LogP contribution is 2.22. The van der Waals surface area contributed by atoms with E-state index in [9.17, 15) is 18.0 Å². The maximum absolute atomic E-state index is 12.9. The van der Waals surface area contributed by atoms with E-state index in [0.29, 0.717) is 5.75 Å². The highest BCUT2D eigenvalue weighted by atomic mass is 32.2. The SMILES string of the molecule is COc1ccccc1CNC(=O)C(=O)NCC1OCCN1S(=O)(=O)c1ccc(C)cc1. The molecule has 2 aromatic carbocycles. The van der Waals surface area contributed by atoms with E-state index in [1.165, 1.54) is 23.5 Å². The van der Waals surface area contributed by atoms with Crippen molar-refractivity contribution < 1.29 is 27.5 Å². The van der Waals surface area contributed by atoms with Gasteiger partial charge >= 0.3 is 11.8 Å². The van der Waals surface area contributed by atoms with Gasteiger partial charge < -0.3 is 20.1 Å². The standard InChI is InChI=1S/C21H25N3O6S/c1-15-7-9-17(10-8-15)31(27,28)24-11-12-30-19(24)14-23-21(26)20(25)22-13-16-5-3-4-6-18(16)29-2/h3-10,19H,11-14H2,1-2H3,(H,22,25)(H,23,26). The molecule has 1 unspecified atom stereocenters. The maximum Gasteiger partial charge on any atom is 0.309 e. The second-order valence-corrected chi connectivity index (χ2v) is 8.85. The first kappa shape index (κ1) is 22.7. The third kappa shape index (κ3) is 5.40. The molecule has 1 atom stereocenters.